The van der Waals surface area contributed by atoms with E-state index in [1.165, 1.54) is 0 Å². The molecule has 0 amide bonds. The standard InChI is InChI=1S/C16H13Cl2F2NO3S.C2H6/c1-3-24-15(23)12-10(7-11(16(18,19)20)21-14(12)22)25-13-8(2)5-4-6-9(13)17;1-2/h4-7H,3H2,1-2H3,(H,21,22);1-2H3. The van der Waals surface area contributed by atoms with Gasteiger partial charge in [0.1, 0.15) is 11.3 Å². The lowest BCUT2D eigenvalue weighted by Gasteiger charge is -2.14. The number of rotatable bonds is 5. The van der Waals surface area contributed by atoms with E-state index in [1.807, 2.05) is 18.8 Å². The predicted octanol–water partition coefficient (Wildman–Crippen LogP) is 5.98. The smallest absolute Gasteiger partial charge is 0.362 e. The Morgan fingerprint density at radius 3 is 2.48 bits per heavy atom. The molecule has 148 valence electrons. The number of alkyl halides is 3. The van der Waals surface area contributed by atoms with Crippen LogP contribution in [0.4, 0.5) is 8.78 Å². The summed E-state index contributed by atoms with van der Waals surface area (Å²) in [7, 11) is 0. The summed E-state index contributed by atoms with van der Waals surface area (Å²) >= 11 is 12.1. The number of aryl methyl sites for hydroxylation is 1. The van der Waals surface area contributed by atoms with E-state index >= 15 is 0 Å². The SMILES string of the molecule is CC.CCOC(=O)c1c(Sc2c(C)cccc2Cl)cc(C(F)(F)Cl)[nH]c1=O. The average Bonchev–Trinajstić information content (AvgIpc) is 2.59. The van der Waals surface area contributed by atoms with Crippen molar-refractivity contribution >= 4 is 40.9 Å². The van der Waals surface area contributed by atoms with E-state index in [9.17, 15) is 18.4 Å². The first-order valence-electron chi connectivity index (χ1n) is 8.09. The number of H-pyrrole nitrogens is 1. The number of aromatic amines is 1. The molecule has 27 heavy (non-hydrogen) atoms. The van der Waals surface area contributed by atoms with Crippen LogP contribution in [0.3, 0.4) is 0 Å². The van der Waals surface area contributed by atoms with Gasteiger partial charge in [0, 0.05) is 9.79 Å². The van der Waals surface area contributed by atoms with Crippen LogP contribution in [0.15, 0.2) is 38.9 Å². The molecule has 1 N–H and O–H groups in total. The summed E-state index contributed by atoms with van der Waals surface area (Å²) in [5, 5.41) is -3.43. The maximum atomic E-state index is 13.4. The van der Waals surface area contributed by atoms with Crippen LogP contribution in [0.5, 0.6) is 0 Å². The number of aromatic nitrogens is 1. The third-order valence-corrected chi connectivity index (χ3v) is 5.08. The Labute approximate surface area is 170 Å². The Bertz CT molecular complexity index is 846. The molecule has 0 aliphatic carbocycles. The molecule has 9 heteroatoms. The normalized spacial score (nSPS) is 10.8. The minimum Gasteiger partial charge on any atom is -0.462 e. The quantitative estimate of drug-likeness (QED) is 0.461. The number of pyridine rings is 1. The van der Waals surface area contributed by atoms with Gasteiger partial charge in [0.25, 0.3) is 5.56 Å². The molecule has 4 nitrogen and oxygen atoms in total. The van der Waals surface area contributed by atoms with Crippen LogP contribution < -0.4 is 5.56 Å². The van der Waals surface area contributed by atoms with Gasteiger partial charge in [-0.25, -0.2) is 4.79 Å². The molecule has 0 saturated carbocycles. The number of carbonyl (C=O) groups excluding carboxylic acids is 1. The van der Waals surface area contributed by atoms with Gasteiger partial charge in [0.15, 0.2) is 0 Å². The van der Waals surface area contributed by atoms with E-state index in [2.05, 4.69) is 0 Å². The highest BCUT2D eigenvalue weighted by atomic mass is 35.5. The van der Waals surface area contributed by atoms with E-state index in [0.29, 0.717) is 9.92 Å². The van der Waals surface area contributed by atoms with E-state index in [4.69, 9.17) is 27.9 Å². The van der Waals surface area contributed by atoms with E-state index in [1.54, 1.807) is 32.0 Å². The largest absolute Gasteiger partial charge is 0.462 e. The fraction of sp³-hybridized carbons (Fsp3) is 0.333. The third-order valence-electron chi connectivity index (χ3n) is 3.16. The lowest BCUT2D eigenvalue weighted by molar-refractivity contribution is 0.0517. The highest BCUT2D eigenvalue weighted by Crippen LogP contribution is 2.39. The molecule has 0 aliphatic rings. The molecule has 1 aromatic carbocycles. The maximum absolute atomic E-state index is 13.4. The molecule has 0 radical (unpaired) electrons. The molecule has 0 spiro atoms. The van der Waals surface area contributed by atoms with Crippen LogP contribution in [0.1, 0.15) is 42.4 Å². The zero-order valence-corrected chi connectivity index (χ0v) is 17.5. The van der Waals surface area contributed by atoms with Crippen LogP contribution in [0, 0.1) is 6.92 Å². The Balaban J connectivity index is 0.00000176. The number of ether oxygens (including phenoxy) is 1. The zero-order chi connectivity index (χ0) is 20.8. The summed E-state index contributed by atoms with van der Waals surface area (Å²) in [5.41, 5.74) is -1.45. The third kappa shape index (κ3) is 5.96. The maximum Gasteiger partial charge on any atom is 0.362 e. The second-order valence-electron chi connectivity index (χ2n) is 4.96. The number of hydrogen-bond acceptors (Lipinski definition) is 4. The summed E-state index contributed by atoms with van der Waals surface area (Å²) in [6, 6.07) is 6.06. The van der Waals surface area contributed by atoms with Crippen LogP contribution >= 0.6 is 35.0 Å². The lowest BCUT2D eigenvalue weighted by Crippen LogP contribution is -2.24. The van der Waals surface area contributed by atoms with Crippen molar-refractivity contribution in [1.82, 2.24) is 4.98 Å². The molecule has 0 aliphatic heterocycles. The van der Waals surface area contributed by atoms with Crippen molar-refractivity contribution in [2.24, 2.45) is 0 Å². The average molecular weight is 438 g/mol. The second kappa shape index (κ2) is 10.1. The molecular formula is C18H19Cl2F2NO3S. The van der Waals surface area contributed by atoms with Crippen LogP contribution in [-0.4, -0.2) is 17.6 Å². The lowest BCUT2D eigenvalue weighted by atomic mass is 10.2. The molecule has 0 saturated heterocycles. The van der Waals surface area contributed by atoms with Gasteiger partial charge in [0.05, 0.1) is 11.6 Å². The van der Waals surface area contributed by atoms with Gasteiger partial charge < -0.3 is 9.72 Å². The van der Waals surface area contributed by atoms with Gasteiger partial charge in [0.2, 0.25) is 0 Å². The highest BCUT2D eigenvalue weighted by molar-refractivity contribution is 7.99. The summed E-state index contributed by atoms with van der Waals surface area (Å²) in [4.78, 5) is 26.7. The van der Waals surface area contributed by atoms with E-state index in [-0.39, 0.29) is 17.1 Å². The number of nitrogens with one attached hydrogen (secondary N) is 1. The molecule has 0 bridgehead atoms. The molecule has 1 aromatic heterocycles. The Morgan fingerprint density at radius 1 is 1.33 bits per heavy atom. The second-order valence-corrected chi connectivity index (χ2v) is 6.89. The summed E-state index contributed by atoms with van der Waals surface area (Å²) < 4.78 is 31.7. The van der Waals surface area contributed by atoms with Crippen molar-refractivity contribution in [2.75, 3.05) is 6.61 Å². The first kappa shape index (κ1) is 23.5. The predicted molar refractivity (Wildman–Crippen MR) is 104 cm³/mol. The molecule has 1 heterocycles. The van der Waals surface area contributed by atoms with Crippen LogP contribution in [0.2, 0.25) is 5.02 Å². The fourth-order valence-electron chi connectivity index (χ4n) is 2.02. The van der Waals surface area contributed by atoms with Crippen molar-refractivity contribution in [3.63, 3.8) is 0 Å². The van der Waals surface area contributed by atoms with Crippen molar-refractivity contribution in [3.05, 3.63) is 56.5 Å². The minimum atomic E-state index is -3.79. The Morgan fingerprint density at radius 2 is 1.96 bits per heavy atom. The molecule has 0 unspecified atom stereocenters. The van der Waals surface area contributed by atoms with Gasteiger partial charge in [-0.1, -0.05) is 49.3 Å². The molecular weight excluding hydrogens is 419 g/mol. The summed E-state index contributed by atoms with van der Waals surface area (Å²) in [5.74, 6) is -0.916. The number of carbonyl (C=O) groups is 1. The molecule has 0 fully saturated rings. The first-order valence-corrected chi connectivity index (χ1v) is 9.67. The number of benzene rings is 1. The van der Waals surface area contributed by atoms with Gasteiger partial charge in [-0.15, -0.1) is 0 Å². The zero-order valence-electron chi connectivity index (χ0n) is 15.2. The molecule has 0 atom stereocenters. The van der Waals surface area contributed by atoms with Gasteiger partial charge >= 0.3 is 11.4 Å². The molecule has 2 aromatic rings. The summed E-state index contributed by atoms with van der Waals surface area (Å²) in [6.45, 7) is 7.36. The van der Waals surface area contributed by atoms with Crippen molar-refractivity contribution < 1.29 is 18.3 Å². The Hall–Kier alpha value is -1.57. The fourth-order valence-corrected chi connectivity index (χ4v) is 3.53. The number of esters is 1. The topological polar surface area (TPSA) is 59.2 Å². The van der Waals surface area contributed by atoms with E-state index < -0.39 is 22.6 Å². The Kier molecular flexibility index (Phi) is 8.78. The van der Waals surface area contributed by atoms with Gasteiger partial charge in [-0.05, 0) is 43.1 Å². The van der Waals surface area contributed by atoms with Gasteiger partial charge in [-0.2, -0.15) is 8.78 Å². The van der Waals surface area contributed by atoms with Gasteiger partial charge in [-0.3, -0.25) is 4.79 Å². The first-order chi connectivity index (χ1) is 12.6. The van der Waals surface area contributed by atoms with Crippen molar-refractivity contribution in [3.8, 4) is 0 Å². The minimum absolute atomic E-state index is 0.0197. The monoisotopic (exact) mass is 437 g/mol. The van der Waals surface area contributed by atoms with E-state index in [0.717, 1.165) is 23.4 Å². The van der Waals surface area contributed by atoms with Crippen molar-refractivity contribution in [1.29, 1.82) is 0 Å². The van der Waals surface area contributed by atoms with Crippen LogP contribution in [0.25, 0.3) is 0 Å². The highest BCUT2D eigenvalue weighted by Gasteiger charge is 2.32. The molecule has 2 rings (SSSR count). The van der Waals surface area contributed by atoms with Crippen molar-refractivity contribution in [2.45, 2.75) is 42.9 Å². The number of halogens is 4. The summed E-state index contributed by atoms with van der Waals surface area (Å²) in [6.07, 6.45) is 0. The number of hydrogen-bond donors (Lipinski definition) is 1. The van der Waals surface area contributed by atoms with Crippen LogP contribution in [-0.2, 0) is 10.1 Å².